The summed E-state index contributed by atoms with van der Waals surface area (Å²) in [5, 5.41) is 3.25. The van der Waals surface area contributed by atoms with E-state index in [1.165, 1.54) is 0 Å². The maximum absolute atomic E-state index is 10.0. The number of thiol groups is 1. The summed E-state index contributed by atoms with van der Waals surface area (Å²) in [6, 6.07) is 0. The zero-order valence-corrected chi connectivity index (χ0v) is 8.46. The fraction of sp³-hybridized carbons (Fsp3) is 1.00. The van der Waals surface area contributed by atoms with Crippen LogP contribution in [0, 0.1) is 0 Å². The predicted octanol–water partition coefficient (Wildman–Crippen LogP) is -1.18. The Balaban J connectivity index is 1.98. The first-order chi connectivity index (χ1) is 6.29. The molecule has 0 aromatic heterocycles. The van der Waals surface area contributed by atoms with Gasteiger partial charge in [0.1, 0.15) is 0 Å². The number of hydrogen-bond acceptors (Lipinski definition) is 5. The van der Waals surface area contributed by atoms with E-state index < -0.39 is 11.0 Å². The molecule has 1 aliphatic heterocycles. The molecule has 0 spiro atoms. The van der Waals surface area contributed by atoms with Crippen LogP contribution in [-0.4, -0.2) is 52.6 Å². The number of rotatable bonds is 5. The lowest BCUT2D eigenvalue weighted by Crippen LogP contribution is -2.43. The topological polar surface area (TPSA) is 58.6 Å². The molecule has 0 amide bonds. The molecule has 1 fully saturated rings. The summed E-state index contributed by atoms with van der Waals surface area (Å²) in [5.74, 6) is 0. The van der Waals surface area contributed by atoms with E-state index in [1.54, 1.807) is 0 Å². The van der Waals surface area contributed by atoms with Crippen molar-refractivity contribution >= 4 is 11.0 Å². The van der Waals surface area contributed by atoms with Crippen LogP contribution in [0.1, 0.15) is 6.42 Å². The summed E-state index contributed by atoms with van der Waals surface area (Å²) in [7, 11) is -2.66. The maximum Gasteiger partial charge on any atom is 0.257 e. The minimum absolute atomic E-state index is 0.308. The second-order valence-corrected chi connectivity index (χ2v) is 3.71. The van der Waals surface area contributed by atoms with Gasteiger partial charge >= 0.3 is 0 Å². The molecule has 0 aliphatic carbocycles. The number of hydrogen-bond donors (Lipinski definition) is 2. The van der Waals surface area contributed by atoms with Crippen LogP contribution in [0.15, 0.2) is 0 Å². The number of piperazine rings is 1. The molecule has 13 heavy (non-hydrogen) atoms. The highest BCUT2D eigenvalue weighted by atomic mass is 32.2. The van der Waals surface area contributed by atoms with E-state index in [-0.39, 0.29) is 0 Å². The molecule has 0 aromatic rings. The van der Waals surface area contributed by atoms with Crippen LogP contribution >= 0.6 is 0 Å². The Bertz CT molecular complexity index is 194. The molecule has 1 N–H and O–H groups in total. The summed E-state index contributed by atoms with van der Waals surface area (Å²) in [6.45, 7) is 5.37. The Hall–Kier alpha value is -0.170. The minimum atomic E-state index is -2.66. The lowest BCUT2D eigenvalue weighted by atomic mass is 10.3. The van der Waals surface area contributed by atoms with Crippen molar-refractivity contribution in [2.24, 2.45) is 0 Å². The largest absolute Gasteiger partial charge is 0.314 e. The second-order valence-electron chi connectivity index (χ2n) is 3.00. The lowest BCUT2D eigenvalue weighted by molar-refractivity contribution is 0.218. The monoisotopic (exact) mass is 208 g/mol. The zero-order valence-electron chi connectivity index (χ0n) is 7.57. The van der Waals surface area contributed by atoms with Crippen LogP contribution in [0.2, 0.25) is 0 Å². The number of nitrogens with zero attached hydrogens (tertiary/aromatic N) is 1. The van der Waals surface area contributed by atoms with Crippen molar-refractivity contribution in [2.75, 3.05) is 39.3 Å². The van der Waals surface area contributed by atoms with Crippen LogP contribution in [0.5, 0.6) is 0 Å². The van der Waals surface area contributed by atoms with Crippen molar-refractivity contribution in [3.63, 3.8) is 0 Å². The van der Waals surface area contributed by atoms with Gasteiger partial charge < -0.3 is 10.2 Å². The van der Waals surface area contributed by atoms with Crippen molar-refractivity contribution < 1.29 is 12.6 Å². The number of nitrogens with one attached hydrogen (secondary N) is 1. The first-order valence-electron chi connectivity index (χ1n) is 4.49. The summed E-state index contributed by atoms with van der Waals surface area (Å²) < 4.78 is 24.5. The third-order valence-corrected chi connectivity index (χ3v) is 2.42. The highest BCUT2D eigenvalue weighted by Gasteiger charge is 2.07. The third kappa shape index (κ3) is 5.20. The van der Waals surface area contributed by atoms with Gasteiger partial charge in [-0.05, 0) is 6.42 Å². The normalized spacial score (nSPS) is 19.5. The van der Waals surface area contributed by atoms with E-state index in [1.807, 2.05) is 0 Å². The van der Waals surface area contributed by atoms with Gasteiger partial charge in [0.15, 0.2) is 0 Å². The minimum Gasteiger partial charge on any atom is -0.314 e. The first kappa shape index (κ1) is 10.9. The molecule has 0 unspecified atom stereocenters. The average molecular weight is 208 g/mol. The van der Waals surface area contributed by atoms with Crippen LogP contribution < -0.4 is 5.32 Å². The summed E-state index contributed by atoms with van der Waals surface area (Å²) in [5.41, 5.74) is 0. The molecule has 1 heterocycles. The van der Waals surface area contributed by atoms with Gasteiger partial charge in [0.05, 0.1) is 6.61 Å². The van der Waals surface area contributed by atoms with Crippen molar-refractivity contribution in [3.05, 3.63) is 0 Å². The van der Waals surface area contributed by atoms with Gasteiger partial charge in [0.2, 0.25) is 0 Å². The van der Waals surface area contributed by atoms with Gasteiger partial charge in [-0.3, -0.25) is 4.18 Å². The molecule has 0 saturated carbocycles. The molecule has 78 valence electrons. The van der Waals surface area contributed by atoms with Crippen LogP contribution in [-0.2, 0) is 15.2 Å². The van der Waals surface area contributed by atoms with E-state index >= 15 is 0 Å². The maximum atomic E-state index is 10.0. The van der Waals surface area contributed by atoms with Gasteiger partial charge in [-0.15, -0.1) is 0 Å². The average Bonchev–Trinajstić information content (AvgIpc) is 2.14. The van der Waals surface area contributed by atoms with Gasteiger partial charge in [-0.25, -0.2) is 8.42 Å². The van der Waals surface area contributed by atoms with Crippen LogP contribution in [0.3, 0.4) is 0 Å². The molecule has 0 atom stereocenters. The van der Waals surface area contributed by atoms with Crippen LogP contribution in [0.4, 0.5) is 0 Å². The molecule has 1 aliphatic rings. The Morgan fingerprint density at radius 1 is 1.31 bits per heavy atom. The highest BCUT2D eigenvalue weighted by Crippen LogP contribution is 1.94. The van der Waals surface area contributed by atoms with Crippen molar-refractivity contribution in [1.82, 2.24) is 10.2 Å². The first-order valence-corrected chi connectivity index (χ1v) is 5.59. The second kappa shape index (κ2) is 6.31. The molecule has 0 radical (unpaired) electrons. The highest BCUT2D eigenvalue weighted by molar-refractivity contribution is 7.67. The molecular weight excluding hydrogens is 192 g/mol. The molecular formula is C7H16N2O3S. The third-order valence-electron chi connectivity index (χ3n) is 2.02. The summed E-state index contributed by atoms with van der Waals surface area (Å²) >= 11 is 0. The van der Waals surface area contributed by atoms with Crippen LogP contribution in [0.25, 0.3) is 0 Å². The SMILES string of the molecule is O=[SH](=O)OCCCN1CCNCC1. The molecule has 0 bridgehead atoms. The van der Waals surface area contributed by atoms with E-state index in [9.17, 15) is 8.42 Å². The Morgan fingerprint density at radius 2 is 2.00 bits per heavy atom. The standard InChI is InChI=1S/C7H16N2O3S/c10-13(11)12-7-1-4-9-5-2-8-3-6-9/h8,13H,1-7H2. The van der Waals surface area contributed by atoms with E-state index in [0.717, 1.165) is 39.1 Å². The van der Waals surface area contributed by atoms with Crippen molar-refractivity contribution in [1.29, 1.82) is 0 Å². The molecule has 6 heteroatoms. The van der Waals surface area contributed by atoms with E-state index in [2.05, 4.69) is 14.4 Å². The quantitative estimate of drug-likeness (QED) is 0.440. The van der Waals surface area contributed by atoms with Gasteiger partial charge in [-0.2, -0.15) is 0 Å². The van der Waals surface area contributed by atoms with Crippen molar-refractivity contribution in [2.45, 2.75) is 6.42 Å². The fourth-order valence-electron chi connectivity index (χ4n) is 1.36. The Morgan fingerprint density at radius 3 is 2.62 bits per heavy atom. The summed E-state index contributed by atoms with van der Waals surface area (Å²) in [4.78, 5) is 2.30. The van der Waals surface area contributed by atoms with Gasteiger partial charge in [0.25, 0.3) is 11.0 Å². The van der Waals surface area contributed by atoms with E-state index in [4.69, 9.17) is 0 Å². The lowest BCUT2D eigenvalue weighted by Gasteiger charge is -2.26. The van der Waals surface area contributed by atoms with Crippen molar-refractivity contribution in [3.8, 4) is 0 Å². The smallest absolute Gasteiger partial charge is 0.257 e. The molecule has 0 aromatic carbocycles. The molecule has 5 nitrogen and oxygen atoms in total. The molecule has 1 rings (SSSR count). The zero-order chi connectivity index (χ0) is 9.52. The fourth-order valence-corrected chi connectivity index (χ4v) is 1.64. The summed E-state index contributed by atoms with van der Waals surface area (Å²) in [6.07, 6.45) is 0.781. The Labute approximate surface area is 80.2 Å². The van der Waals surface area contributed by atoms with E-state index in [0.29, 0.717) is 6.61 Å². The predicted molar refractivity (Wildman–Crippen MR) is 50.2 cm³/mol. The van der Waals surface area contributed by atoms with Gasteiger partial charge in [-0.1, -0.05) is 0 Å². The van der Waals surface area contributed by atoms with Gasteiger partial charge in [0, 0.05) is 32.7 Å². The molecule has 1 saturated heterocycles. The Kier molecular flexibility index (Phi) is 5.29.